The third kappa shape index (κ3) is 7.95. The number of ether oxygens (including phenoxy) is 2. The molecule has 8 bridgehead atoms. The van der Waals surface area contributed by atoms with Gasteiger partial charge in [0.2, 0.25) is 0 Å². The van der Waals surface area contributed by atoms with E-state index in [9.17, 15) is 0 Å². The Balaban J connectivity index is 1.35. The highest BCUT2D eigenvalue weighted by Crippen LogP contribution is 2.53. The van der Waals surface area contributed by atoms with Gasteiger partial charge in [0.05, 0.1) is 6.61 Å². The van der Waals surface area contributed by atoms with Crippen LogP contribution in [0.25, 0.3) is 0 Å². The van der Waals surface area contributed by atoms with Crippen molar-refractivity contribution in [2.24, 2.45) is 0 Å². The molecular formula is C29H58O14Si8. The smallest absolute Gasteiger partial charge is 0.465 e. The first-order valence-corrected chi connectivity index (χ1v) is 34.5. The number of hydrogen-bond acceptors (Lipinski definition) is 14. The lowest BCUT2D eigenvalue weighted by atomic mass is 9.99. The van der Waals surface area contributed by atoms with Crippen LogP contribution < -0.4 is 4.74 Å². The van der Waals surface area contributed by atoms with Gasteiger partial charge in [-0.25, -0.2) is 0 Å². The largest absolute Gasteiger partial charge is 0.478 e. The minimum atomic E-state index is -3.84. The first kappa shape index (κ1) is 40.9. The third-order valence-electron chi connectivity index (χ3n) is 10.1. The number of hydrogen-bond donors (Lipinski definition) is 0. The van der Waals surface area contributed by atoms with Crippen LogP contribution in [0.2, 0.25) is 48.4 Å². The second-order valence-electron chi connectivity index (χ2n) is 13.7. The van der Waals surface area contributed by atoms with Crippen molar-refractivity contribution in [1.29, 1.82) is 0 Å². The molecule has 0 spiro atoms. The van der Waals surface area contributed by atoms with Crippen LogP contribution in [0.3, 0.4) is 0 Å². The Bertz CT molecular complexity index is 1240. The summed E-state index contributed by atoms with van der Waals surface area (Å²) in [5, 5.41) is 0. The maximum absolute atomic E-state index is 7.31. The van der Waals surface area contributed by atoms with E-state index in [4.69, 9.17) is 58.9 Å². The van der Waals surface area contributed by atoms with Crippen molar-refractivity contribution < 1.29 is 58.9 Å². The molecule has 6 heterocycles. The van der Waals surface area contributed by atoms with Crippen LogP contribution in [0.15, 0.2) is 24.3 Å². The Morgan fingerprint density at radius 1 is 0.471 bits per heavy atom. The summed E-state index contributed by atoms with van der Waals surface area (Å²) in [6, 6.07) is 11.5. The van der Waals surface area contributed by atoms with Crippen LogP contribution in [0.4, 0.5) is 0 Å². The van der Waals surface area contributed by atoms with Gasteiger partial charge in [-0.2, -0.15) is 0 Å². The topological polar surface area (TPSA) is 129 Å². The van der Waals surface area contributed by atoms with Gasteiger partial charge in [-0.3, -0.25) is 0 Å². The van der Waals surface area contributed by atoms with E-state index in [-0.39, 0.29) is 0 Å². The van der Waals surface area contributed by atoms with Gasteiger partial charge in [-0.1, -0.05) is 74.4 Å². The zero-order valence-electron chi connectivity index (χ0n) is 32.0. The zero-order chi connectivity index (χ0) is 36.8. The highest BCUT2D eigenvalue weighted by Gasteiger charge is 2.81. The molecule has 0 radical (unpaired) electrons. The monoisotopic (exact) mass is 854 g/mol. The summed E-state index contributed by atoms with van der Waals surface area (Å²) in [7, 11) is -29.6. The molecular weight excluding hydrogens is 797 g/mol. The zero-order valence-corrected chi connectivity index (χ0v) is 40.0. The molecule has 290 valence electrons. The average molecular weight is 855 g/mol. The molecule has 51 heavy (non-hydrogen) atoms. The van der Waals surface area contributed by atoms with Crippen molar-refractivity contribution in [2.45, 2.75) is 143 Å². The first-order valence-electron chi connectivity index (χ1n) is 19.0. The van der Waals surface area contributed by atoms with Crippen LogP contribution in [-0.4, -0.2) is 83.3 Å². The summed E-state index contributed by atoms with van der Waals surface area (Å²) < 4.78 is 98.8. The minimum absolute atomic E-state index is 0.360. The molecule has 0 amide bonds. The summed E-state index contributed by atoms with van der Waals surface area (Å²) in [5.74, 6) is 1.26. The van der Waals surface area contributed by atoms with E-state index in [1.165, 1.54) is 5.56 Å². The molecule has 2 unspecified atom stereocenters. The standard InChI is InChI=1S/C29H58O14Si8/c1-11-26(9)28-20-22-29(23-21-28)31-27(10)30-24-19-25-51-41-48(16-6)35-45(13-3)32-44(12-2)33-46(14-4,37-48)39-50(18-8,43-51)40-47(15-5,34-44)38-49(17-7,36-45)42-51/h20-23,26-27H,11-19,24-25H2,1-10H3. The molecule has 1 aromatic carbocycles. The predicted octanol–water partition coefficient (Wildman–Crippen LogP) is 7.25. The van der Waals surface area contributed by atoms with Crippen molar-refractivity contribution in [3.63, 3.8) is 0 Å². The molecule has 2 atom stereocenters. The van der Waals surface area contributed by atoms with Crippen LogP contribution >= 0.6 is 0 Å². The Morgan fingerprint density at radius 2 is 0.784 bits per heavy atom. The maximum atomic E-state index is 7.31. The fraction of sp³-hybridized carbons (Fsp3) is 0.793. The number of benzene rings is 1. The van der Waals surface area contributed by atoms with Gasteiger partial charge >= 0.3 is 70.4 Å². The summed E-state index contributed by atoms with van der Waals surface area (Å²) in [6.45, 7) is 20.6. The van der Waals surface area contributed by atoms with Gasteiger partial charge < -0.3 is 58.9 Å². The van der Waals surface area contributed by atoms with Crippen molar-refractivity contribution in [3.05, 3.63) is 29.8 Å². The molecule has 1 aromatic rings. The highest BCUT2D eigenvalue weighted by atomic mass is 28.6. The Morgan fingerprint density at radius 3 is 1.08 bits per heavy atom. The summed E-state index contributed by atoms with van der Waals surface area (Å²) >= 11 is 0. The molecule has 6 fully saturated rings. The van der Waals surface area contributed by atoms with Crippen molar-refractivity contribution in [2.75, 3.05) is 6.61 Å². The van der Waals surface area contributed by atoms with E-state index in [2.05, 4.69) is 26.0 Å². The van der Waals surface area contributed by atoms with E-state index in [1.807, 2.05) is 67.5 Å². The quantitative estimate of drug-likeness (QED) is 0.0941. The lowest BCUT2D eigenvalue weighted by Gasteiger charge is -2.63. The van der Waals surface area contributed by atoms with Gasteiger partial charge in [-0.15, -0.1) is 0 Å². The van der Waals surface area contributed by atoms with Crippen LogP contribution in [0.5, 0.6) is 5.75 Å². The van der Waals surface area contributed by atoms with Crippen LogP contribution in [0, 0.1) is 0 Å². The molecule has 0 saturated carbocycles. The molecule has 6 saturated heterocycles. The molecule has 6 aliphatic rings. The Hall–Kier alpha value is 0.235. The molecule has 14 nitrogen and oxygen atoms in total. The Labute approximate surface area is 312 Å². The number of rotatable bonds is 16. The summed E-state index contributed by atoms with van der Waals surface area (Å²) in [4.78, 5) is 0. The molecule has 0 aliphatic carbocycles. The van der Waals surface area contributed by atoms with Crippen LogP contribution in [-0.2, 0) is 54.1 Å². The van der Waals surface area contributed by atoms with E-state index >= 15 is 0 Å². The SMILES string of the molecule is CCC(C)c1ccc(OC(C)OCCC[Si]23O[Si]4(CC)O[Si]5(CC)O[Si]6(CC)O[Si](CC)(O4)O[Si](CC)(O[Si](CC)(O6)O[Si](CC)(O5)O2)O3)cc1. The molecule has 22 heteroatoms. The highest BCUT2D eigenvalue weighted by molar-refractivity contribution is 7.03. The van der Waals surface area contributed by atoms with Crippen molar-refractivity contribution in [3.8, 4) is 5.75 Å². The fourth-order valence-corrected chi connectivity index (χ4v) is 56.6. The van der Waals surface area contributed by atoms with Gasteiger partial charge in [0, 0.05) is 48.4 Å². The van der Waals surface area contributed by atoms with Crippen molar-refractivity contribution >= 4 is 70.4 Å². The predicted molar refractivity (Wildman–Crippen MR) is 203 cm³/mol. The minimum Gasteiger partial charge on any atom is -0.465 e. The lowest BCUT2D eigenvalue weighted by molar-refractivity contribution is -0.0680. The van der Waals surface area contributed by atoms with Gasteiger partial charge in [0.25, 0.3) is 0 Å². The normalized spacial score (nSPS) is 42.8. The van der Waals surface area contributed by atoms with E-state index in [0.29, 0.717) is 67.3 Å². The average Bonchev–Trinajstić information content (AvgIpc) is 3.09. The lowest BCUT2D eigenvalue weighted by Crippen LogP contribution is -2.88. The second kappa shape index (κ2) is 15.3. The molecule has 0 N–H and O–H groups in total. The summed E-state index contributed by atoms with van der Waals surface area (Å²) in [5.41, 5.74) is 1.29. The maximum Gasteiger partial charge on any atom is 0.478 e. The van der Waals surface area contributed by atoms with E-state index in [1.54, 1.807) is 0 Å². The Kier molecular flexibility index (Phi) is 12.3. The molecule has 0 aromatic heterocycles. The van der Waals surface area contributed by atoms with E-state index in [0.717, 1.165) is 12.2 Å². The molecule has 7 rings (SSSR count). The molecule has 6 aliphatic heterocycles. The fourth-order valence-electron chi connectivity index (χ4n) is 6.89. The van der Waals surface area contributed by atoms with Gasteiger partial charge in [-0.05, 0) is 43.4 Å². The summed E-state index contributed by atoms with van der Waals surface area (Å²) in [6.07, 6.45) is 1.13. The van der Waals surface area contributed by atoms with E-state index < -0.39 is 76.7 Å². The first-order chi connectivity index (χ1) is 24.2. The van der Waals surface area contributed by atoms with Crippen LogP contribution in [0.1, 0.15) is 93.6 Å². The third-order valence-corrected chi connectivity index (χ3v) is 47.0. The second-order valence-corrected chi connectivity index (χ2v) is 39.9. The van der Waals surface area contributed by atoms with Gasteiger partial charge in [0.15, 0.2) is 6.29 Å². The van der Waals surface area contributed by atoms with Crippen molar-refractivity contribution in [1.82, 2.24) is 0 Å². The van der Waals surface area contributed by atoms with Gasteiger partial charge in [0.1, 0.15) is 5.75 Å².